The minimum atomic E-state index is -1.11. The van der Waals surface area contributed by atoms with Crippen LogP contribution in [-0.2, 0) is 15.6 Å². The molecule has 0 bridgehead atoms. The van der Waals surface area contributed by atoms with E-state index in [9.17, 15) is 9.00 Å². The lowest BCUT2D eigenvalue weighted by atomic mass is 10.1. The summed E-state index contributed by atoms with van der Waals surface area (Å²) in [4.78, 5) is 11.9. The van der Waals surface area contributed by atoms with Crippen molar-refractivity contribution in [1.29, 1.82) is 0 Å². The highest BCUT2D eigenvalue weighted by Crippen LogP contribution is 2.25. The number of nitrogens with one attached hydrogen (secondary N) is 1. The molecule has 0 spiro atoms. The summed E-state index contributed by atoms with van der Waals surface area (Å²) < 4.78 is 11.9. The minimum Gasteiger partial charge on any atom is -0.397 e. The van der Waals surface area contributed by atoms with E-state index >= 15 is 0 Å². The lowest BCUT2D eigenvalue weighted by Gasteiger charge is -2.10. The predicted molar refractivity (Wildman–Crippen MR) is 84.3 cm³/mol. The van der Waals surface area contributed by atoms with Gasteiger partial charge < -0.3 is 11.1 Å². The van der Waals surface area contributed by atoms with Gasteiger partial charge in [-0.15, -0.1) is 0 Å². The fourth-order valence-electron chi connectivity index (χ4n) is 2.47. The maximum atomic E-state index is 11.9. The number of hydrogen-bond donors (Lipinski definition) is 2. The van der Waals surface area contributed by atoms with Gasteiger partial charge in [-0.3, -0.25) is 9.00 Å². The van der Waals surface area contributed by atoms with Gasteiger partial charge in [-0.1, -0.05) is 24.4 Å². The van der Waals surface area contributed by atoms with Crippen LogP contribution in [0.5, 0.6) is 0 Å². The lowest BCUT2D eigenvalue weighted by Crippen LogP contribution is -2.23. The first kappa shape index (κ1) is 15.3. The number of nitrogen functional groups attached to an aromatic ring is 1. The minimum absolute atomic E-state index is 0.0163. The van der Waals surface area contributed by atoms with Gasteiger partial charge in [-0.05, 0) is 37.0 Å². The monoisotopic (exact) mass is 314 g/mol. The Morgan fingerprint density at radius 2 is 2.10 bits per heavy atom. The van der Waals surface area contributed by atoms with Crippen LogP contribution in [-0.4, -0.2) is 21.6 Å². The Morgan fingerprint density at radius 3 is 2.80 bits per heavy atom. The first-order valence-electron chi connectivity index (χ1n) is 6.74. The molecule has 6 heteroatoms. The van der Waals surface area contributed by atoms with Crippen LogP contribution in [0.4, 0.5) is 11.4 Å². The Balaban J connectivity index is 1.85. The molecule has 0 aliphatic heterocycles. The SMILES string of the molecule is Nc1ccc(Cl)cc1NC(=O)CS(=O)CC1CCCC1. The fourth-order valence-corrected chi connectivity index (χ4v) is 3.98. The maximum Gasteiger partial charge on any atom is 0.237 e. The molecule has 3 N–H and O–H groups in total. The first-order chi connectivity index (χ1) is 9.54. The summed E-state index contributed by atoms with van der Waals surface area (Å²) in [6.07, 6.45) is 4.70. The number of rotatable bonds is 5. The Morgan fingerprint density at radius 1 is 1.40 bits per heavy atom. The molecule has 1 atom stereocenters. The summed E-state index contributed by atoms with van der Waals surface area (Å²) in [5, 5.41) is 3.17. The molecule has 1 fully saturated rings. The summed E-state index contributed by atoms with van der Waals surface area (Å²) in [5.74, 6) is 0.871. The van der Waals surface area contributed by atoms with Crippen molar-refractivity contribution in [2.45, 2.75) is 25.7 Å². The Bertz CT molecular complexity index is 516. The lowest BCUT2D eigenvalue weighted by molar-refractivity contribution is -0.113. The third kappa shape index (κ3) is 4.49. The largest absolute Gasteiger partial charge is 0.397 e. The molecule has 1 aromatic rings. The van der Waals surface area contributed by atoms with Crippen molar-refractivity contribution < 1.29 is 9.00 Å². The standard InChI is InChI=1S/C14H19ClN2O2S/c15-11-5-6-12(16)13(7-11)17-14(18)9-20(19)8-10-3-1-2-4-10/h5-7,10H,1-4,8-9,16H2,(H,17,18). The molecule has 1 aliphatic rings. The number of carbonyl (C=O) groups is 1. The first-order valence-corrected chi connectivity index (χ1v) is 8.61. The van der Waals surface area contributed by atoms with Crippen LogP contribution in [0.2, 0.25) is 5.02 Å². The molecular formula is C14H19ClN2O2S. The van der Waals surface area contributed by atoms with Gasteiger partial charge in [0.05, 0.1) is 11.4 Å². The molecule has 2 rings (SSSR count). The third-order valence-corrected chi connectivity index (χ3v) is 5.14. The van der Waals surface area contributed by atoms with Gasteiger partial charge in [-0.25, -0.2) is 0 Å². The van der Waals surface area contributed by atoms with Crippen molar-refractivity contribution in [3.05, 3.63) is 23.2 Å². The second kappa shape index (κ2) is 7.09. The zero-order valence-corrected chi connectivity index (χ0v) is 12.8. The van der Waals surface area contributed by atoms with Gasteiger partial charge >= 0.3 is 0 Å². The van der Waals surface area contributed by atoms with Crippen molar-refractivity contribution in [2.24, 2.45) is 5.92 Å². The molecule has 1 amide bonds. The van der Waals surface area contributed by atoms with Crippen molar-refractivity contribution >= 4 is 39.7 Å². The van der Waals surface area contributed by atoms with E-state index in [1.165, 1.54) is 12.8 Å². The Kier molecular flexibility index (Phi) is 5.43. The van der Waals surface area contributed by atoms with Crippen molar-refractivity contribution in [1.82, 2.24) is 0 Å². The van der Waals surface area contributed by atoms with Gasteiger partial charge in [0.25, 0.3) is 0 Å². The van der Waals surface area contributed by atoms with Gasteiger partial charge in [0.1, 0.15) is 5.75 Å². The third-order valence-electron chi connectivity index (χ3n) is 3.48. The normalized spacial score (nSPS) is 17.1. The van der Waals surface area contributed by atoms with Crippen LogP contribution in [0.1, 0.15) is 25.7 Å². The van der Waals surface area contributed by atoms with E-state index in [2.05, 4.69) is 5.32 Å². The number of hydrogen-bond acceptors (Lipinski definition) is 3. The van der Waals surface area contributed by atoms with E-state index < -0.39 is 10.8 Å². The summed E-state index contributed by atoms with van der Waals surface area (Å²) >= 11 is 5.85. The Labute approximate surface area is 126 Å². The molecule has 0 aromatic heterocycles. The zero-order chi connectivity index (χ0) is 14.5. The van der Waals surface area contributed by atoms with E-state index in [1.807, 2.05) is 0 Å². The van der Waals surface area contributed by atoms with E-state index in [0.29, 0.717) is 28.1 Å². The topological polar surface area (TPSA) is 72.2 Å². The molecule has 1 aromatic carbocycles. The molecular weight excluding hydrogens is 296 g/mol. The van der Waals surface area contributed by atoms with Crippen molar-refractivity contribution in [2.75, 3.05) is 22.6 Å². The molecule has 1 aliphatic carbocycles. The highest BCUT2D eigenvalue weighted by atomic mass is 35.5. The maximum absolute atomic E-state index is 11.9. The van der Waals surface area contributed by atoms with E-state index in [-0.39, 0.29) is 11.7 Å². The predicted octanol–water partition coefficient (Wildman–Crippen LogP) is 2.80. The summed E-state index contributed by atoms with van der Waals surface area (Å²) in [6.45, 7) is 0. The van der Waals surface area contributed by atoms with Crippen LogP contribution in [0.25, 0.3) is 0 Å². The highest BCUT2D eigenvalue weighted by molar-refractivity contribution is 7.85. The van der Waals surface area contributed by atoms with E-state index in [4.69, 9.17) is 17.3 Å². The zero-order valence-electron chi connectivity index (χ0n) is 11.2. The summed E-state index contributed by atoms with van der Waals surface area (Å²) in [5.41, 5.74) is 6.67. The number of amides is 1. The molecule has 0 saturated heterocycles. The average molecular weight is 315 g/mol. The molecule has 1 unspecified atom stereocenters. The van der Waals surface area contributed by atoms with Crippen LogP contribution < -0.4 is 11.1 Å². The molecule has 110 valence electrons. The Hall–Kier alpha value is -1.07. The number of carbonyl (C=O) groups excluding carboxylic acids is 1. The average Bonchev–Trinajstić information content (AvgIpc) is 2.86. The van der Waals surface area contributed by atoms with Crippen LogP contribution >= 0.6 is 11.6 Å². The van der Waals surface area contributed by atoms with Gasteiger partial charge in [0.15, 0.2) is 0 Å². The number of halogens is 1. The summed E-state index contributed by atoms with van der Waals surface area (Å²) in [6, 6.07) is 4.88. The quantitative estimate of drug-likeness (QED) is 0.821. The molecule has 20 heavy (non-hydrogen) atoms. The van der Waals surface area contributed by atoms with Crippen LogP contribution in [0, 0.1) is 5.92 Å². The molecule has 0 heterocycles. The van der Waals surface area contributed by atoms with Crippen LogP contribution in [0.3, 0.4) is 0 Å². The van der Waals surface area contributed by atoms with Crippen molar-refractivity contribution in [3.63, 3.8) is 0 Å². The number of nitrogens with two attached hydrogens (primary N) is 1. The highest BCUT2D eigenvalue weighted by Gasteiger charge is 2.19. The fraction of sp³-hybridized carbons (Fsp3) is 0.500. The van der Waals surface area contributed by atoms with Gasteiger partial charge in [0.2, 0.25) is 5.91 Å². The van der Waals surface area contributed by atoms with Crippen LogP contribution in [0.15, 0.2) is 18.2 Å². The summed E-state index contributed by atoms with van der Waals surface area (Å²) in [7, 11) is -1.11. The number of benzene rings is 1. The molecule has 4 nitrogen and oxygen atoms in total. The van der Waals surface area contributed by atoms with Gasteiger partial charge in [0, 0.05) is 21.6 Å². The van der Waals surface area contributed by atoms with Crippen molar-refractivity contribution in [3.8, 4) is 0 Å². The number of anilines is 2. The molecule has 0 radical (unpaired) electrons. The van der Waals surface area contributed by atoms with Gasteiger partial charge in [-0.2, -0.15) is 0 Å². The second-order valence-corrected chi connectivity index (χ2v) is 7.12. The van der Waals surface area contributed by atoms with E-state index in [0.717, 1.165) is 12.8 Å². The second-order valence-electron chi connectivity index (χ2n) is 5.18. The van der Waals surface area contributed by atoms with E-state index in [1.54, 1.807) is 18.2 Å². The smallest absolute Gasteiger partial charge is 0.237 e. The molecule has 1 saturated carbocycles.